The van der Waals surface area contributed by atoms with E-state index in [1.54, 1.807) is 19.9 Å². The van der Waals surface area contributed by atoms with Crippen molar-refractivity contribution in [3.63, 3.8) is 0 Å². The van der Waals surface area contributed by atoms with E-state index < -0.39 is 17.4 Å². The van der Waals surface area contributed by atoms with Crippen LogP contribution in [0.15, 0.2) is 6.07 Å². The summed E-state index contributed by atoms with van der Waals surface area (Å²) < 4.78 is 5.23. The topological polar surface area (TPSA) is 115 Å². The Bertz CT molecular complexity index is 580. The number of carboxylic acid groups (broad SMARTS) is 1. The Hall–Kier alpha value is -2.15. The smallest absolute Gasteiger partial charge is 0.329 e. The monoisotopic (exact) mass is 293 g/mol. The molecular weight excluding hydrogens is 274 g/mol. The van der Waals surface area contributed by atoms with Crippen LogP contribution in [0.1, 0.15) is 34.6 Å². The van der Waals surface area contributed by atoms with Crippen LogP contribution in [0.25, 0.3) is 0 Å². The summed E-state index contributed by atoms with van der Waals surface area (Å²) in [6, 6.07) is 1.65. The van der Waals surface area contributed by atoms with Crippen molar-refractivity contribution in [1.29, 1.82) is 0 Å². The number of hydrogen-bond donors (Lipinski definition) is 3. The number of anilines is 1. The van der Waals surface area contributed by atoms with Gasteiger partial charge in [-0.3, -0.25) is 9.78 Å². The molecule has 0 atom stereocenters. The van der Waals surface area contributed by atoms with Crippen LogP contribution in [0.4, 0.5) is 5.69 Å². The summed E-state index contributed by atoms with van der Waals surface area (Å²) >= 11 is 0. The lowest BCUT2D eigenvalue weighted by molar-refractivity contribution is -0.145. The zero-order chi connectivity index (χ0) is 15.6. The number of nitrogens with one attached hydrogen (secondary N) is 1. The zero-order valence-electron chi connectivity index (χ0n) is 12.1. The first-order valence-electron chi connectivity index (χ1n) is 6.73. The van der Waals surface area contributed by atoms with E-state index >= 15 is 0 Å². The molecule has 114 valence electrons. The number of hydrogen-bond acceptors (Lipinski definition) is 5. The summed E-state index contributed by atoms with van der Waals surface area (Å²) in [6.45, 7) is 4.17. The van der Waals surface area contributed by atoms with E-state index in [0.717, 1.165) is 0 Å². The number of aliphatic carboxylic acids is 1. The number of carbonyl (C=O) groups is 2. The molecule has 0 unspecified atom stereocenters. The van der Waals surface area contributed by atoms with Gasteiger partial charge in [0.05, 0.1) is 16.9 Å². The van der Waals surface area contributed by atoms with Gasteiger partial charge in [-0.2, -0.15) is 0 Å². The number of carboxylic acids is 1. The number of rotatable bonds is 4. The van der Waals surface area contributed by atoms with Crippen LogP contribution >= 0.6 is 0 Å². The first kappa shape index (κ1) is 15.2. The molecule has 0 spiro atoms. The molecule has 1 fully saturated rings. The zero-order valence-corrected chi connectivity index (χ0v) is 12.1. The number of aryl methyl sites for hydroxylation is 2. The van der Waals surface area contributed by atoms with E-state index in [9.17, 15) is 14.7 Å². The molecular formula is C14H19N3O4. The van der Waals surface area contributed by atoms with Gasteiger partial charge >= 0.3 is 5.97 Å². The Labute approximate surface area is 122 Å². The number of pyridine rings is 1. The predicted molar refractivity (Wildman–Crippen MR) is 76.3 cm³/mol. The maximum atomic E-state index is 11.7. The molecule has 2 rings (SSSR count). The van der Waals surface area contributed by atoms with Crippen molar-refractivity contribution in [3.05, 3.63) is 23.0 Å². The number of ether oxygens (including phenoxy) is 1. The van der Waals surface area contributed by atoms with Crippen LogP contribution in [0.2, 0.25) is 0 Å². The van der Waals surface area contributed by atoms with Crippen molar-refractivity contribution in [2.45, 2.75) is 32.2 Å². The third kappa shape index (κ3) is 2.97. The van der Waals surface area contributed by atoms with E-state index in [1.165, 1.54) is 0 Å². The van der Waals surface area contributed by atoms with Crippen LogP contribution in [0, 0.1) is 13.8 Å². The largest absolute Gasteiger partial charge is 0.480 e. The standard InChI is InChI=1S/C14H19N3O4/c1-8-7-10(11(12(15)18)9(2)16-8)17-14(13(19)20)3-5-21-6-4-14/h7H,3-6H2,1-2H3,(H2,15,18)(H,16,17)(H,19,20). The summed E-state index contributed by atoms with van der Waals surface area (Å²) in [5.74, 6) is -1.59. The quantitative estimate of drug-likeness (QED) is 0.758. The Morgan fingerprint density at radius 1 is 1.38 bits per heavy atom. The predicted octanol–water partition coefficient (Wildman–Crippen LogP) is 0.843. The van der Waals surface area contributed by atoms with Gasteiger partial charge in [0.1, 0.15) is 5.54 Å². The molecule has 7 heteroatoms. The third-order valence-electron chi connectivity index (χ3n) is 3.70. The molecule has 1 aromatic rings. The Morgan fingerprint density at radius 2 is 2.00 bits per heavy atom. The van der Waals surface area contributed by atoms with Crippen molar-refractivity contribution >= 4 is 17.6 Å². The average molecular weight is 293 g/mol. The van der Waals surface area contributed by atoms with Crippen LogP contribution in [-0.4, -0.2) is 40.7 Å². The Morgan fingerprint density at radius 3 is 2.52 bits per heavy atom. The molecule has 4 N–H and O–H groups in total. The maximum absolute atomic E-state index is 11.7. The first-order chi connectivity index (χ1) is 9.85. The molecule has 1 aliphatic heterocycles. The number of nitrogens with zero attached hydrogens (tertiary/aromatic N) is 1. The minimum Gasteiger partial charge on any atom is -0.480 e. The van der Waals surface area contributed by atoms with Gasteiger partial charge in [-0.05, 0) is 19.9 Å². The van der Waals surface area contributed by atoms with E-state index in [2.05, 4.69) is 10.3 Å². The lowest BCUT2D eigenvalue weighted by Gasteiger charge is -2.35. The van der Waals surface area contributed by atoms with E-state index in [4.69, 9.17) is 10.5 Å². The fourth-order valence-electron chi connectivity index (χ4n) is 2.61. The summed E-state index contributed by atoms with van der Waals surface area (Å²) in [5.41, 5.74) is 6.06. The van der Waals surface area contributed by atoms with Crippen molar-refractivity contribution < 1.29 is 19.4 Å². The minimum atomic E-state index is -1.15. The summed E-state index contributed by atoms with van der Waals surface area (Å²) in [6.07, 6.45) is 0.641. The molecule has 0 radical (unpaired) electrons. The second-order valence-corrected chi connectivity index (χ2v) is 5.26. The minimum absolute atomic E-state index is 0.229. The average Bonchev–Trinajstić information content (AvgIpc) is 2.38. The van der Waals surface area contributed by atoms with Gasteiger partial charge in [-0.1, -0.05) is 0 Å². The maximum Gasteiger partial charge on any atom is 0.329 e. The van der Waals surface area contributed by atoms with Gasteiger partial charge in [0.2, 0.25) is 0 Å². The van der Waals surface area contributed by atoms with Crippen LogP contribution in [-0.2, 0) is 9.53 Å². The summed E-state index contributed by atoms with van der Waals surface area (Å²) in [4.78, 5) is 27.5. The van der Waals surface area contributed by atoms with E-state index in [1.807, 2.05) is 0 Å². The highest BCUT2D eigenvalue weighted by molar-refractivity contribution is 6.00. The SMILES string of the molecule is Cc1cc(NC2(C(=O)O)CCOCC2)c(C(N)=O)c(C)n1. The van der Waals surface area contributed by atoms with Crippen molar-refractivity contribution in [1.82, 2.24) is 4.98 Å². The fraction of sp³-hybridized carbons (Fsp3) is 0.500. The highest BCUT2D eigenvalue weighted by Gasteiger charge is 2.41. The second-order valence-electron chi connectivity index (χ2n) is 5.26. The van der Waals surface area contributed by atoms with E-state index in [0.29, 0.717) is 43.1 Å². The van der Waals surface area contributed by atoms with Crippen molar-refractivity contribution in [2.24, 2.45) is 5.73 Å². The molecule has 0 aliphatic carbocycles. The highest BCUT2D eigenvalue weighted by Crippen LogP contribution is 2.29. The molecule has 1 amide bonds. The lowest BCUT2D eigenvalue weighted by atomic mass is 9.89. The second kappa shape index (κ2) is 5.69. The normalized spacial score (nSPS) is 17.2. The van der Waals surface area contributed by atoms with E-state index in [-0.39, 0.29) is 5.56 Å². The first-order valence-corrected chi connectivity index (χ1v) is 6.73. The Kier molecular flexibility index (Phi) is 4.13. The van der Waals surface area contributed by atoms with Crippen LogP contribution < -0.4 is 11.1 Å². The number of nitrogens with two attached hydrogens (primary N) is 1. The van der Waals surface area contributed by atoms with Gasteiger partial charge < -0.3 is 20.9 Å². The molecule has 2 heterocycles. The molecule has 1 aliphatic rings. The molecule has 7 nitrogen and oxygen atoms in total. The van der Waals surface area contributed by atoms with Gasteiger partial charge in [0, 0.05) is 31.7 Å². The van der Waals surface area contributed by atoms with Crippen molar-refractivity contribution in [3.8, 4) is 0 Å². The number of carbonyl (C=O) groups excluding carboxylic acids is 1. The Balaban J connectivity index is 2.46. The summed E-state index contributed by atoms with van der Waals surface area (Å²) in [7, 11) is 0. The number of amides is 1. The summed E-state index contributed by atoms with van der Waals surface area (Å²) in [5, 5.41) is 12.6. The molecule has 0 bridgehead atoms. The highest BCUT2D eigenvalue weighted by atomic mass is 16.5. The number of primary amides is 1. The van der Waals surface area contributed by atoms with Crippen LogP contribution in [0.5, 0.6) is 0 Å². The van der Waals surface area contributed by atoms with Gasteiger partial charge in [-0.15, -0.1) is 0 Å². The van der Waals surface area contributed by atoms with Gasteiger partial charge in [0.15, 0.2) is 0 Å². The molecule has 1 aromatic heterocycles. The number of aromatic nitrogens is 1. The van der Waals surface area contributed by atoms with Crippen molar-refractivity contribution in [2.75, 3.05) is 18.5 Å². The van der Waals surface area contributed by atoms with Gasteiger partial charge in [-0.25, -0.2) is 4.79 Å². The molecule has 21 heavy (non-hydrogen) atoms. The van der Waals surface area contributed by atoms with Gasteiger partial charge in [0.25, 0.3) is 5.91 Å². The molecule has 0 aromatic carbocycles. The fourth-order valence-corrected chi connectivity index (χ4v) is 2.61. The molecule has 0 saturated carbocycles. The van der Waals surface area contributed by atoms with Crippen LogP contribution in [0.3, 0.4) is 0 Å². The third-order valence-corrected chi connectivity index (χ3v) is 3.70. The molecule has 1 saturated heterocycles. The lowest BCUT2D eigenvalue weighted by Crippen LogP contribution is -2.50.